The van der Waals surface area contributed by atoms with Gasteiger partial charge in [-0.1, -0.05) is 29.3 Å². The summed E-state index contributed by atoms with van der Waals surface area (Å²) >= 11 is 11.9. The molecule has 0 radical (unpaired) electrons. The van der Waals surface area contributed by atoms with E-state index in [1.807, 2.05) is 0 Å². The minimum Gasteiger partial charge on any atom is -0.364 e. The molecule has 0 saturated carbocycles. The van der Waals surface area contributed by atoms with Crippen molar-refractivity contribution in [2.75, 3.05) is 0 Å². The van der Waals surface area contributed by atoms with Gasteiger partial charge in [0, 0.05) is 18.0 Å². The van der Waals surface area contributed by atoms with Gasteiger partial charge in [-0.3, -0.25) is 4.79 Å². The van der Waals surface area contributed by atoms with Crippen molar-refractivity contribution in [2.45, 2.75) is 0 Å². The number of pyridine rings is 1. The molecule has 0 spiro atoms. The van der Waals surface area contributed by atoms with E-state index in [-0.39, 0.29) is 5.56 Å². The molecule has 82 valence electrons. The summed E-state index contributed by atoms with van der Waals surface area (Å²) in [5, 5.41) is 0.618. The van der Waals surface area contributed by atoms with Crippen LogP contribution in [0.15, 0.2) is 35.4 Å². The van der Waals surface area contributed by atoms with Crippen molar-refractivity contribution < 1.29 is 4.39 Å². The van der Waals surface area contributed by atoms with E-state index < -0.39 is 11.2 Å². The molecule has 2 nitrogen and oxygen atoms in total. The van der Waals surface area contributed by atoms with Gasteiger partial charge in [0.15, 0.2) is 5.82 Å². The lowest BCUT2D eigenvalue weighted by Crippen LogP contribution is -2.09. The predicted octanol–water partition coefficient (Wildman–Crippen LogP) is 3.49. The van der Waals surface area contributed by atoms with E-state index in [9.17, 15) is 9.18 Å². The molecule has 0 amide bonds. The number of rotatable bonds is 1. The molecule has 0 aliphatic heterocycles. The van der Waals surface area contributed by atoms with Gasteiger partial charge in [-0.15, -0.1) is 0 Å². The zero-order valence-corrected chi connectivity index (χ0v) is 9.44. The number of aromatic amines is 1. The van der Waals surface area contributed by atoms with E-state index >= 15 is 0 Å². The van der Waals surface area contributed by atoms with Gasteiger partial charge in [0.25, 0.3) is 0 Å². The van der Waals surface area contributed by atoms with Crippen LogP contribution in [0.1, 0.15) is 0 Å². The van der Waals surface area contributed by atoms with Gasteiger partial charge in [0.05, 0.1) is 15.6 Å². The molecule has 0 saturated heterocycles. The first-order chi connectivity index (χ1) is 7.61. The van der Waals surface area contributed by atoms with Gasteiger partial charge in [-0.2, -0.15) is 0 Å². The van der Waals surface area contributed by atoms with Crippen molar-refractivity contribution in [3.8, 4) is 11.1 Å². The highest BCUT2D eigenvalue weighted by molar-refractivity contribution is 6.39. The van der Waals surface area contributed by atoms with Crippen LogP contribution in [-0.2, 0) is 0 Å². The molecule has 1 aromatic heterocycles. The van der Waals surface area contributed by atoms with Gasteiger partial charge in [0.2, 0.25) is 5.43 Å². The Hall–Kier alpha value is -1.32. The van der Waals surface area contributed by atoms with Crippen LogP contribution in [0.25, 0.3) is 11.1 Å². The van der Waals surface area contributed by atoms with Crippen molar-refractivity contribution in [1.29, 1.82) is 0 Å². The Bertz CT molecular complexity index is 575. The number of hydrogen-bond donors (Lipinski definition) is 1. The van der Waals surface area contributed by atoms with E-state index in [0.717, 1.165) is 6.20 Å². The standard InChI is InChI=1S/C11H6Cl2FNO/c12-7-2-1-3-8(13)10(7)6-4-15-5-9(14)11(6)16/h1-5H,(H,15,16). The van der Waals surface area contributed by atoms with Crippen LogP contribution < -0.4 is 5.43 Å². The minimum absolute atomic E-state index is 0.121. The second-order valence-corrected chi connectivity index (χ2v) is 3.96. The van der Waals surface area contributed by atoms with Crippen LogP contribution in [0.5, 0.6) is 0 Å². The van der Waals surface area contributed by atoms with Gasteiger partial charge >= 0.3 is 0 Å². The fourth-order valence-electron chi connectivity index (χ4n) is 1.40. The second kappa shape index (κ2) is 4.28. The van der Waals surface area contributed by atoms with Crippen molar-refractivity contribution in [3.63, 3.8) is 0 Å². The number of halogens is 3. The smallest absolute Gasteiger partial charge is 0.225 e. The number of H-pyrrole nitrogens is 1. The van der Waals surface area contributed by atoms with E-state index in [0.29, 0.717) is 15.6 Å². The maximum absolute atomic E-state index is 13.1. The average molecular weight is 258 g/mol. The van der Waals surface area contributed by atoms with Crippen molar-refractivity contribution in [3.05, 3.63) is 56.7 Å². The molecule has 0 aliphatic rings. The van der Waals surface area contributed by atoms with Gasteiger partial charge < -0.3 is 4.98 Å². The Balaban J connectivity index is 2.78. The normalized spacial score (nSPS) is 10.4. The third-order valence-corrected chi connectivity index (χ3v) is 2.76. The summed E-state index contributed by atoms with van der Waals surface area (Å²) in [4.78, 5) is 14.1. The molecule has 2 rings (SSSR count). The monoisotopic (exact) mass is 257 g/mol. The fourth-order valence-corrected chi connectivity index (χ4v) is 2.00. The SMILES string of the molecule is O=c1c(F)c[nH]cc1-c1c(Cl)cccc1Cl. The number of nitrogens with one attached hydrogen (secondary N) is 1. The highest BCUT2D eigenvalue weighted by Gasteiger charge is 2.13. The lowest BCUT2D eigenvalue weighted by atomic mass is 10.1. The highest BCUT2D eigenvalue weighted by Crippen LogP contribution is 2.32. The Morgan fingerprint density at radius 1 is 1.12 bits per heavy atom. The molecular formula is C11H6Cl2FNO. The maximum atomic E-state index is 13.1. The maximum Gasteiger partial charge on any atom is 0.225 e. The molecule has 0 fully saturated rings. The summed E-state index contributed by atoms with van der Waals surface area (Å²) in [6.45, 7) is 0. The third kappa shape index (κ3) is 1.84. The Morgan fingerprint density at radius 3 is 2.38 bits per heavy atom. The van der Waals surface area contributed by atoms with Crippen LogP contribution >= 0.6 is 23.2 Å². The largest absolute Gasteiger partial charge is 0.364 e. The zero-order chi connectivity index (χ0) is 11.7. The van der Waals surface area contributed by atoms with Crippen LogP contribution in [-0.4, -0.2) is 4.98 Å². The second-order valence-electron chi connectivity index (χ2n) is 3.14. The fraction of sp³-hybridized carbons (Fsp3) is 0. The molecule has 5 heteroatoms. The summed E-state index contributed by atoms with van der Waals surface area (Å²) in [5.41, 5.74) is -0.268. The van der Waals surface area contributed by atoms with E-state index in [4.69, 9.17) is 23.2 Å². The molecular weight excluding hydrogens is 252 g/mol. The average Bonchev–Trinajstić information content (AvgIpc) is 2.24. The molecule has 1 aromatic carbocycles. The lowest BCUT2D eigenvalue weighted by molar-refractivity contribution is 0.612. The molecule has 16 heavy (non-hydrogen) atoms. The van der Waals surface area contributed by atoms with Crippen LogP contribution in [0.2, 0.25) is 10.0 Å². The first-order valence-electron chi connectivity index (χ1n) is 4.42. The molecule has 0 atom stereocenters. The third-order valence-electron chi connectivity index (χ3n) is 2.13. The van der Waals surface area contributed by atoms with E-state index in [1.54, 1.807) is 18.2 Å². The predicted molar refractivity (Wildman–Crippen MR) is 62.5 cm³/mol. The zero-order valence-electron chi connectivity index (χ0n) is 7.93. The van der Waals surface area contributed by atoms with Gasteiger partial charge in [0.1, 0.15) is 0 Å². The van der Waals surface area contributed by atoms with E-state index in [1.165, 1.54) is 6.20 Å². The Kier molecular flexibility index (Phi) is 2.99. The molecule has 0 bridgehead atoms. The molecule has 0 aliphatic carbocycles. The number of aromatic nitrogens is 1. The van der Waals surface area contributed by atoms with Crippen LogP contribution in [0, 0.1) is 5.82 Å². The van der Waals surface area contributed by atoms with Gasteiger partial charge in [-0.05, 0) is 12.1 Å². The van der Waals surface area contributed by atoms with E-state index in [2.05, 4.69) is 4.98 Å². The minimum atomic E-state index is -0.867. The first kappa shape index (κ1) is 11.2. The molecule has 0 unspecified atom stereocenters. The van der Waals surface area contributed by atoms with Crippen molar-refractivity contribution in [2.24, 2.45) is 0 Å². The summed E-state index contributed by atoms with van der Waals surface area (Å²) in [6.07, 6.45) is 2.36. The molecule has 1 N–H and O–H groups in total. The van der Waals surface area contributed by atoms with Crippen molar-refractivity contribution in [1.82, 2.24) is 4.98 Å². The summed E-state index contributed by atoms with van der Waals surface area (Å²) in [5.74, 6) is -0.867. The summed E-state index contributed by atoms with van der Waals surface area (Å²) < 4.78 is 13.1. The Morgan fingerprint density at radius 2 is 1.75 bits per heavy atom. The first-order valence-corrected chi connectivity index (χ1v) is 5.18. The molecule has 2 aromatic rings. The van der Waals surface area contributed by atoms with Crippen molar-refractivity contribution >= 4 is 23.2 Å². The lowest BCUT2D eigenvalue weighted by Gasteiger charge is -2.05. The van der Waals surface area contributed by atoms with Crippen LogP contribution in [0.4, 0.5) is 4.39 Å². The number of benzene rings is 1. The quantitative estimate of drug-likeness (QED) is 0.834. The Labute approximate surface area is 101 Å². The molecule has 1 heterocycles. The van der Waals surface area contributed by atoms with Crippen LogP contribution in [0.3, 0.4) is 0 Å². The summed E-state index contributed by atoms with van der Waals surface area (Å²) in [6, 6.07) is 4.84. The number of hydrogen-bond acceptors (Lipinski definition) is 1. The highest BCUT2D eigenvalue weighted by atomic mass is 35.5. The topological polar surface area (TPSA) is 32.9 Å². The summed E-state index contributed by atoms with van der Waals surface area (Å²) in [7, 11) is 0. The van der Waals surface area contributed by atoms with Gasteiger partial charge in [-0.25, -0.2) is 4.39 Å².